The van der Waals surface area contributed by atoms with Gasteiger partial charge in [0.25, 0.3) is 0 Å². The molecule has 1 fully saturated rings. The Hall–Kier alpha value is -1.53. The number of carbonyl (C=O) groups is 2. The largest absolute Gasteiger partial charge is 0.480 e. The highest BCUT2D eigenvalue weighted by Crippen LogP contribution is 2.18. The summed E-state index contributed by atoms with van der Waals surface area (Å²) in [5.74, 6) is 0.125. The Balaban J connectivity index is 1.67. The molecule has 1 aromatic rings. The van der Waals surface area contributed by atoms with E-state index in [9.17, 15) is 9.59 Å². The summed E-state index contributed by atoms with van der Waals surface area (Å²) in [6.45, 7) is 2.60. The van der Waals surface area contributed by atoms with E-state index in [0.717, 1.165) is 5.75 Å². The number of rotatable bonds is 6. The van der Waals surface area contributed by atoms with Gasteiger partial charge < -0.3 is 10.0 Å². The lowest BCUT2D eigenvalue weighted by molar-refractivity contribution is -0.139. The number of carboxylic acid groups (broad SMARTS) is 1. The molecule has 0 bridgehead atoms. The highest BCUT2D eigenvalue weighted by Gasteiger charge is 2.21. The van der Waals surface area contributed by atoms with Gasteiger partial charge in [-0.15, -0.1) is 11.8 Å². The van der Waals surface area contributed by atoms with Crippen LogP contribution in [0.1, 0.15) is 6.42 Å². The molecule has 1 aliphatic rings. The molecule has 1 saturated heterocycles. The third-order valence-corrected chi connectivity index (χ3v) is 4.43. The fourth-order valence-electron chi connectivity index (χ4n) is 2.28. The molecule has 1 amide bonds. The Kier molecular flexibility index (Phi) is 6.07. The van der Waals surface area contributed by atoms with Gasteiger partial charge in [-0.1, -0.05) is 18.2 Å². The molecule has 0 aliphatic carbocycles. The van der Waals surface area contributed by atoms with E-state index in [2.05, 4.69) is 0 Å². The minimum Gasteiger partial charge on any atom is -0.480 e. The molecule has 0 radical (unpaired) electrons. The molecule has 6 heteroatoms. The minimum absolute atomic E-state index is 0.0614. The van der Waals surface area contributed by atoms with Crippen molar-refractivity contribution in [3.8, 4) is 0 Å². The van der Waals surface area contributed by atoms with Crippen molar-refractivity contribution in [1.82, 2.24) is 9.80 Å². The van der Waals surface area contributed by atoms with Crippen LogP contribution >= 0.6 is 11.8 Å². The highest BCUT2D eigenvalue weighted by atomic mass is 32.2. The predicted octanol–water partition coefficient (Wildman–Crippen LogP) is 1.40. The molecular weight excluding hydrogens is 288 g/mol. The van der Waals surface area contributed by atoms with Crippen LogP contribution in [0.15, 0.2) is 35.2 Å². The summed E-state index contributed by atoms with van der Waals surface area (Å²) in [6, 6.07) is 10.0. The van der Waals surface area contributed by atoms with Gasteiger partial charge in [0.05, 0.1) is 6.54 Å². The summed E-state index contributed by atoms with van der Waals surface area (Å²) < 4.78 is 0. The lowest BCUT2D eigenvalue weighted by atomic mass is 10.3. The van der Waals surface area contributed by atoms with E-state index < -0.39 is 5.97 Å². The van der Waals surface area contributed by atoms with Crippen molar-refractivity contribution in [2.45, 2.75) is 11.3 Å². The van der Waals surface area contributed by atoms with Crippen molar-refractivity contribution in [1.29, 1.82) is 0 Å². The third kappa shape index (κ3) is 5.40. The summed E-state index contributed by atoms with van der Waals surface area (Å²) in [4.78, 5) is 27.6. The average molecular weight is 308 g/mol. The zero-order valence-electron chi connectivity index (χ0n) is 11.9. The van der Waals surface area contributed by atoms with Gasteiger partial charge in [-0.2, -0.15) is 0 Å². The normalized spacial score (nSPS) is 15.9. The molecule has 1 N–H and O–H groups in total. The second kappa shape index (κ2) is 8.05. The monoisotopic (exact) mass is 308 g/mol. The molecule has 114 valence electrons. The van der Waals surface area contributed by atoms with Crippen molar-refractivity contribution in [2.24, 2.45) is 0 Å². The molecule has 0 aromatic heterocycles. The van der Waals surface area contributed by atoms with Crippen LogP contribution in [0.3, 0.4) is 0 Å². The Labute approximate surface area is 128 Å². The van der Waals surface area contributed by atoms with Gasteiger partial charge in [-0.3, -0.25) is 14.5 Å². The van der Waals surface area contributed by atoms with Crippen molar-refractivity contribution in [3.63, 3.8) is 0 Å². The van der Waals surface area contributed by atoms with Crippen molar-refractivity contribution in [3.05, 3.63) is 30.3 Å². The molecule has 21 heavy (non-hydrogen) atoms. The van der Waals surface area contributed by atoms with E-state index in [4.69, 9.17) is 5.11 Å². The quantitative estimate of drug-likeness (QED) is 0.805. The van der Waals surface area contributed by atoms with Crippen LogP contribution < -0.4 is 0 Å². The molecule has 1 aromatic carbocycles. The average Bonchev–Trinajstić information content (AvgIpc) is 2.48. The summed E-state index contributed by atoms with van der Waals surface area (Å²) in [5, 5.41) is 8.74. The van der Waals surface area contributed by atoms with E-state index in [1.807, 2.05) is 40.1 Å². The summed E-state index contributed by atoms with van der Waals surface area (Å²) in [7, 11) is 0. The van der Waals surface area contributed by atoms with E-state index in [-0.39, 0.29) is 12.5 Å². The maximum atomic E-state index is 12.1. The van der Waals surface area contributed by atoms with Gasteiger partial charge in [-0.25, -0.2) is 0 Å². The lowest BCUT2D eigenvalue weighted by Crippen LogP contribution is -2.49. The Bertz CT molecular complexity index is 473. The predicted molar refractivity (Wildman–Crippen MR) is 82.4 cm³/mol. The summed E-state index contributed by atoms with van der Waals surface area (Å²) in [6.07, 6.45) is 0.526. The first-order valence-electron chi connectivity index (χ1n) is 7.05. The van der Waals surface area contributed by atoms with E-state index in [1.54, 1.807) is 11.8 Å². The molecule has 0 saturated carbocycles. The fourth-order valence-corrected chi connectivity index (χ4v) is 3.14. The molecule has 1 aliphatic heterocycles. The SMILES string of the molecule is O=C(O)CN1CCN(C(=O)CCSc2ccccc2)CC1. The van der Waals surface area contributed by atoms with Crippen LogP contribution in [0.2, 0.25) is 0 Å². The Morgan fingerprint density at radius 3 is 2.38 bits per heavy atom. The molecule has 0 spiro atoms. The molecule has 2 rings (SSSR count). The molecular formula is C15H20N2O3S. The molecule has 0 unspecified atom stereocenters. The summed E-state index contributed by atoms with van der Waals surface area (Å²) in [5.41, 5.74) is 0. The third-order valence-electron chi connectivity index (χ3n) is 3.41. The number of aliphatic carboxylic acids is 1. The Morgan fingerprint density at radius 1 is 1.10 bits per heavy atom. The van der Waals surface area contributed by atoms with E-state index in [0.29, 0.717) is 32.6 Å². The molecule has 5 nitrogen and oxygen atoms in total. The topological polar surface area (TPSA) is 60.9 Å². The van der Waals surface area contributed by atoms with Crippen LogP contribution in [0.5, 0.6) is 0 Å². The summed E-state index contributed by atoms with van der Waals surface area (Å²) >= 11 is 1.69. The van der Waals surface area contributed by atoms with Crippen molar-refractivity contribution in [2.75, 3.05) is 38.5 Å². The number of hydrogen-bond donors (Lipinski definition) is 1. The van der Waals surface area contributed by atoms with Crippen molar-refractivity contribution < 1.29 is 14.7 Å². The first-order chi connectivity index (χ1) is 10.1. The van der Waals surface area contributed by atoms with Gasteiger partial charge in [0.15, 0.2) is 0 Å². The maximum absolute atomic E-state index is 12.1. The number of amides is 1. The fraction of sp³-hybridized carbons (Fsp3) is 0.467. The van der Waals surface area contributed by atoms with Gasteiger partial charge in [0.2, 0.25) is 5.91 Å². The van der Waals surface area contributed by atoms with Crippen LogP contribution in [-0.2, 0) is 9.59 Å². The molecule has 1 heterocycles. The first kappa shape index (κ1) is 15.9. The number of hydrogen-bond acceptors (Lipinski definition) is 4. The standard InChI is InChI=1S/C15H20N2O3S/c18-14(6-11-21-13-4-2-1-3-5-13)17-9-7-16(8-10-17)12-15(19)20/h1-5H,6-12H2,(H,19,20). The minimum atomic E-state index is -0.811. The number of thioether (sulfide) groups is 1. The van der Waals surface area contributed by atoms with Crippen LogP contribution in [0, 0.1) is 0 Å². The molecule has 0 atom stereocenters. The van der Waals surface area contributed by atoms with Gasteiger partial charge in [0.1, 0.15) is 0 Å². The smallest absolute Gasteiger partial charge is 0.317 e. The number of piperazine rings is 1. The second-order valence-electron chi connectivity index (χ2n) is 4.96. The first-order valence-corrected chi connectivity index (χ1v) is 8.03. The second-order valence-corrected chi connectivity index (χ2v) is 6.13. The van der Waals surface area contributed by atoms with Crippen LogP contribution in [-0.4, -0.2) is 65.3 Å². The zero-order valence-corrected chi connectivity index (χ0v) is 12.7. The van der Waals surface area contributed by atoms with Crippen molar-refractivity contribution >= 4 is 23.6 Å². The number of carboxylic acids is 1. The Morgan fingerprint density at radius 2 is 1.76 bits per heavy atom. The van der Waals surface area contributed by atoms with Crippen LogP contribution in [0.25, 0.3) is 0 Å². The van der Waals surface area contributed by atoms with E-state index in [1.165, 1.54) is 4.90 Å². The number of carbonyl (C=O) groups excluding carboxylic acids is 1. The maximum Gasteiger partial charge on any atom is 0.317 e. The highest BCUT2D eigenvalue weighted by molar-refractivity contribution is 7.99. The zero-order chi connectivity index (χ0) is 15.1. The van der Waals surface area contributed by atoms with Gasteiger partial charge >= 0.3 is 5.97 Å². The lowest BCUT2D eigenvalue weighted by Gasteiger charge is -2.33. The number of nitrogens with zero attached hydrogens (tertiary/aromatic N) is 2. The van der Waals surface area contributed by atoms with Gasteiger partial charge in [-0.05, 0) is 12.1 Å². The van der Waals surface area contributed by atoms with Crippen LogP contribution in [0.4, 0.5) is 0 Å². The number of benzene rings is 1. The van der Waals surface area contributed by atoms with Gasteiger partial charge in [0, 0.05) is 43.2 Å². The van der Waals surface area contributed by atoms with E-state index >= 15 is 0 Å².